The first-order chi connectivity index (χ1) is 13.9. The van der Waals surface area contributed by atoms with Crippen LogP contribution in [-0.4, -0.2) is 29.9 Å². The van der Waals surface area contributed by atoms with Gasteiger partial charge in [-0.1, -0.05) is 19.9 Å². The Labute approximate surface area is 171 Å². The lowest BCUT2D eigenvalue weighted by Crippen LogP contribution is -2.07. The summed E-state index contributed by atoms with van der Waals surface area (Å²) in [5.74, 6) is 0.621. The second-order valence-corrected chi connectivity index (χ2v) is 7.22. The number of esters is 1. The Bertz CT molecular complexity index is 1060. The van der Waals surface area contributed by atoms with Gasteiger partial charge in [-0.15, -0.1) is 0 Å². The average molecular weight is 393 g/mol. The van der Waals surface area contributed by atoms with Gasteiger partial charge in [-0.2, -0.15) is 0 Å². The Kier molecular flexibility index (Phi) is 6.06. The molecule has 0 fully saturated rings. The van der Waals surface area contributed by atoms with E-state index in [1.807, 2.05) is 44.2 Å². The molecule has 152 valence electrons. The van der Waals surface area contributed by atoms with Gasteiger partial charge >= 0.3 is 5.97 Å². The molecule has 0 radical (unpaired) electrons. The summed E-state index contributed by atoms with van der Waals surface area (Å²) in [5, 5.41) is 0. The molecule has 5 heteroatoms. The van der Waals surface area contributed by atoms with Crippen molar-refractivity contribution in [2.75, 3.05) is 13.2 Å². The Hall–Kier alpha value is -3.08. The van der Waals surface area contributed by atoms with Crippen molar-refractivity contribution >= 4 is 17.8 Å². The first-order valence-electron chi connectivity index (χ1n) is 9.97. The van der Waals surface area contributed by atoms with Crippen LogP contribution >= 0.6 is 0 Å². The molecule has 5 nitrogen and oxygen atoms in total. The van der Waals surface area contributed by atoms with Crippen LogP contribution in [-0.2, 0) is 4.74 Å². The standard InChI is InChI=1S/C24H27NO4/c1-6-28-21-12-16(5)18(13-17(21)15(3)4)22-20(14-26)25-11-9-8-10-19(25)23(22)24(27)29-7-2/h8-15H,6-7H2,1-5H3. The zero-order chi connectivity index (χ0) is 21.1. The molecular weight excluding hydrogens is 366 g/mol. The van der Waals surface area contributed by atoms with Gasteiger partial charge in [0.1, 0.15) is 5.75 Å². The van der Waals surface area contributed by atoms with Gasteiger partial charge < -0.3 is 13.9 Å². The summed E-state index contributed by atoms with van der Waals surface area (Å²) in [5.41, 5.74) is 4.92. The first kappa shape index (κ1) is 20.6. The lowest BCUT2D eigenvalue weighted by atomic mass is 9.91. The van der Waals surface area contributed by atoms with Crippen molar-refractivity contribution in [1.82, 2.24) is 4.40 Å². The minimum absolute atomic E-state index is 0.221. The number of aryl methyl sites for hydroxylation is 1. The highest BCUT2D eigenvalue weighted by Crippen LogP contribution is 2.39. The maximum atomic E-state index is 12.9. The van der Waals surface area contributed by atoms with Crippen molar-refractivity contribution in [1.29, 1.82) is 0 Å². The Morgan fingerprint density at radius 3 is 2.55 bits per heavy atom. The van der Waals surface area contributed by atoms with Crippen LogP contribution in [0.2, 0.25) is 0 Å². The number of carbonyl (C=O) groups excluding carboxylic acids is 2. The number of aldehydes is 1. The fraction of sp³-hybridized carbons (Fsp3) is 0.333. The molecule has 0 atom stereocenters. The van der Waals surface area contributed by atoms with E-state index in [0.29, 0.717) is 28.9 Å². The molecule has 3 aromatic rings. The summed E-state index contributed by atoms with van der Waals surface area (Å²) < 4.78 is 12.9. The van der Waals surface area contributed by atoms with Crippen molar-refractivity contribution < 1.29 is 19.1 Å². The van der Waals surface area contributed by atoms with E-state index >= 15 is 0 Å². The second-order valence-electron chi connectivity index (χ2n) is 7.22. The summed E-state index contributed by atoms with van der Waals surface area (Å²) in [6, 6.07) is 9.54. The van der Waals surface area contributed by atoms with Gasteiger partial charge in [-0.25, -0.2) is 4.79 Å². The molecule has 0 aliphatic carbocycles. The van der Waals surface area contributed by atoms with E-state index in [-0.39, 0.29) is 12.5 Å². The highest BCUT2D eigenvalue weighted by Gasteiger charge is 2.27. The fourth-order valence-electron chi connectivity index (χ4n) is 3.73. The highest BCUT2D eigenvalue weighted by atomic mass is 16.5. The van der Waals surface area contributed by atoms with Crippen LogP contribution in [0.15, 0.2) is 36.5 Å². The van der Waals surface area contributed by atoms with Gasteiger partial charge in [0.25, 0.3) is 0 Å². The maximum Gasteiger partial charge on any atom is 0.340 e. The molecule has 0 aliphatic heterocycles. The average Bonchev–Trinajstić information content (AvgIpc) is 3.02. The quantitative estimate of drug-likeness (QED) is 0.397. The molecule has 0 aliphatic rings. The second kappa shape index (κ2) is 8.52. The van der Waals surface area contributed by atoms with Gasteiger partial charge in [-0.3, -0.25) is 4.79 Å². The Morgan fingerprint density at radius 1 is 1.17 bits per heavy atom. The van der Waals surface area contributed by atoms with Crippen molar-refractivity contribution in [3.05, 3.63) is 58.9 Å². The number of aromatic nitrogens is 1. The number of fused-ring (bicyclic) bond motifs is 1. The van der Waals surface area contributed by atoms with E-state index in [9.17, 15) is 9.59 Å². The number of hydrogen-bond acceptors (Lipinski definition) is 4. The lowest BCUT2D eigenvalue weighted by molar-refractivity contribution is 0.0529. The molecule has 29 heavy (non-hydrogen) atoms. The molecule has 0 saturated carbocycles. The van der Waals surface area contributed by atoms with E-state index in [2.05, 4.69) is 13.8 Å². The molecule has 0 saturated heterocycles. The smallest absolute Gasteiger partial charge is 0.340 e. The van der Waals surface area contributed by atoms with Gasteiger partial charge in [0.15, 0.2) is 6.29 Å². The van der Waals surface area contributed by atoms with Gasteiger partial charge in [0.2, 0.25) is 0 Å². The monoisotopic (exact) mass is 393 g/mol. The van der Waals surface area contributed by atoms with Gasteiger partial charge in [-0.05, 0) is 67.6 Å². The predicted molar refractivity (Wildman–Crippen MR) is 114 cm³/mol. The molecule has 2 heterocycles. The topological polar surface area (TPSA) is 57.0 Å². The molecule has 0 amide bonds. The van der Waals surface area contributed by atoms with Crippen molar-refractivity contribution in [2.45, 2.75) is 40.5 Å². The van der Waals surface area contributed by atoms with Crippen molar-refractivity contribution in [3.8, 4) is 16.9 Å². The predicted octanol–water partition coefficient (Wildman–Crippen LogP) is 5.43. The number of hydrogen-bond donors (Lipinski definition) is 0. The molecule has 0 bridgehead atoms. The van der Waals surface area contributed by atoms with E-state index in [0.717, 1.165) is 28.7 Å². The Balaban J connectivity index is 2.40. The number of carbonyl (C=O) groups is 2. The number of nitrogens with zero attached hydrogens (tertiary/aromatic N) is 1. The van der Waals surface area contributed by atoms with Crippen LogP contribution in [0.25, 0.3) is 16.6 Å². The first-order valence-corrected chi connectivity index (χ1v) is 9.97. The highest BCUT2D eigenvalue weighted by molar-refractivity contribution is 6.09. The lowest BCUT2D eigenvalue weighted by Gasteiger charge is -2.18. The molecule has 0 spiro atoms. The SMILES string of the molecule is CCOC(=O)c1c(-c2cc(C(C)C)c(OCC)cc2C)c(C=O)n2ccccc12. The Morgan fingerprint density at radius 2 is 1.93 bits per heavy atom. The molecule has 0 unspecified atom stereocenters. The van der Waals surface area contributed by atoms with E-state index in [4.69, 9.17) is 9.47 Å². The third kappa shape index (κ3) is 3.65. The van der Waals surface area contributed by atoms with Crippen LogP contribution in [0.1, 0.15) is 65.6 Å². The third-order valence-corrected chi connectivity index (χ3v) is 5.02. The zero-order valence-corrected chi connectivity index (χ0v) is 17.6. The normalized spacial score (nSPS) is 11.1. The van der Waals surface area contributed by atoms with Crippen LogP contribution in [0, 0.1) is 6.92 Å². The van der Waals surface area contributed by atoms with Crippen molar-refractivity contribution in [2.24, 2.45) is 0 Å². The number of ether oxygens (including phenoxy) is 2. The molecule has 1 aromatic carbocycles. The molecule has 2 aromatic heterocycles. The van der Waals surface area contributed by atoms with Crippen LogP contribution in [0.4, 0.5) is 0 Å². The zero-order valence-electron chi connectivity index (χ0n) is 17.6. The summed E-state index contributed by atoms with van der Waals surface area (Å²) in [6.07, 6.45) is 2.59. The van der Waals surface area contributed by atoms with Crippen LogP contribution < -0.4 is 4.74 Å². The summed E-state index contributed by atoms with van der Waals surface area (Å²) in [7, 11) is 0. The van der Waals surface area contributed by atoms with Gasteiger partial charge in [0.05, 0.1) is 30.0 Å². The minimum atomic E-state index is -0.432. The van der Waals surface area contributed by atoms with Crippen molar-refractivity contribution in [3.63, 3.8) is 0 Å². The van der Waals surface area contributed by atoms with Gasteiger partial charge in [0, 0.05) is 11.8 Å². The number of pyridine rings is 1. The summed E-state index contributed by atoms with van der Waals surface area (Å²) in [4.78, 5) is 25.0. The van der Waals surface area contributed by atoms with E-state index in [1.165, 1.54) is 0 Å². The number of benzene rings is 1. The van der Waals surface area contributed by atoms with Crippen LogP contribution in [0.5, 0.6) is 5.75 Å². The molecule has 3 rings (SSSR count). The van der Waals surface area contributed by atoms with Crippen LogP contribution in [0.3, 0.4) is 0 Å². The molecular formula is C24H27NO4. The van der Waals surface area contributed by atoms with E-state index < -0.39 is 5.97 Å². The number of rotatable bonds is 7. The fourth-order valence-corrected chi connectivity index (χ4v) is 3.73. The summed E-state index contributed by atoms with van der Waals surface area (Å²) in [6.45, 7) is 10.7. The largest absolute Gasteiger partial charge is 0.494 e. The molecule has 0 N–H and O–H groups in total. The maximum absolute atomic E-state index is 12.9. The van der Waals surface area contributed by atoms with E-state index in [1.54, 1.807) is 17.5 Å². The summed E-state index contributed by atoms with van der Waals surface area (Å²) >= 11 is 0. The third-order valence-electron chi connectivity index (χ3n) is 5.02. The minimum Gasteiger partial charge on any atom is -0.494 e.